The molecule has 8 heavy (non-hydrogen) atoms. The second kappa shape index (κ2) is 7.43. The molecule has 0 aromatic heterocycles. The van der Waals surface area contributed by atoms with Gasteiger partial charge in [-0.25, -0.2) is 0 Å². The van der Waals surface area contributed by atoms with Crippen molar-refractivity contribution in [1.29, 1.82) is 0 Å². The summed E-state index contributed by atoms with van der Waals surface area (Å²) in [5.74, 6) is 0. The molecule has 0 rings (SSSR count). The molecule has 48 valence electrons. The Morgan fingerprint density at radius 1 is 1.62 bits per heavy atom. The molecule has 0 aliphatic carbocycles. The fraction of sp³-hybridized carbons (Fsp3) is 0.667. The van der Waals surface area contributed by atoms with Gasteiger partial charge in [-0.3, -0.25) is 0 Å². The third kappa shape index (κ3) is 6.43. The minimum absolute atomic E-state index is 0.941. The number of alkyl halides is 1. The molecule has 0 radical (unpaired) electrons. The minimum atomic E-state index is 0.941. The zero-order valence-electron chi connectivity index (χ0n) is 4.99. The molecule has 0 aromatic rings. The van der Waals surface area contributed by atoms with Crippen LogP contribution in [0.15, 0.2) is 12.7 Å². The van der Waals surface area contributed by atoms with Crippen molar-refractivity contribution >= 4 is 22.6 Å². The van der Waals surface area contributed by atoms with Crippen LogP contribution in [0.2, 0.25) is 0 Å². The van der Waals surface area contributed by atoms with E-state index in [1.807, 2.05) is 6.08 Å². The molecule has 0 atom stereocenters. The van der Waals surface area contributed by atoms with E-state index >= 15 is 0 Å². The van der Waals surface area contributed by atoms with Crippen molar-refractivity contribution in [3.63, 3.8) is 0 Å². The molecule has 0 aliphatic heterocycles. The summed E-state index contributed by atoms with van der Waals surface area (Å²) in [6.07, 6.45) is 3.14. The number of hydrogen-bond donors (Lipinski definition) is 1. The topological polar surface area (TPSA) is 12.0 Å². The molecule has 0 heterocycles. The number of hydrogen-bond acceptors (Lipinski definition) is 1. The van der Waals surface area contributed by atoms with Crippen molar-refractivity contribution < 1.29 is 0 Å². The molecular formula is C6H12IN. The summed E-state index contributed by atoms with van der Waals surface area (Å²) in [4.78, 5) is 0. The monoisotopic (exact) mass is 225 g/mol. The van der Waals surface area contributed by atoms with Crippen molar-refractivity contribution in [2.45, 2.75) is 6.42 Å². The highest BCUT2D eigenvalue weighted by Crippen LogP contribution is 1.84. The van der Waals surface area contributed by atoms with Gasteiger partial charge in [0.2, 0.25) is 0 Å². The standard InChI is InChI=1S/C6H12IN/c1-2-5-8-6-3-4-7/h2,8H,1,3-6H2. The Morgan fingerprint density at radius 2 is 2.38 bits per heavy atom. The van der Waals surface area contributed by atoms with Crippen LogP contribution in [0.25, 0.3) is 0 Å². The Labute approximate surface area is 64.7 Å². The molecule has 0 bridgehead atoms. The Morgan fingerprint density at radius 3 is 2.88 bits per heavy atom. The normalized spacial score (nSPS) is 9.12. The first-order valence-corrected chi connectivity index (χ1v) is 4.32. The molecule has 2 heteroatoms. The maximum Gasteiger partial charge on any atom is 0.0132 e. The highest BCUT2D eigenvalue weighted by Gasteiger charge is 1.79. The lowest BCUT2D eigenvalue weighted by Crippen LogP contribution is -2.14. The van der Waals surface area contributed by atoms with Gasteiger partial charge in [0.25, 0.3) is 0 Å². The molecule has 0 amide bonds. The van der Waals surface area contributed by atoms with Gasteiger partial charge in [-0.1, -0.05) is 28.7 Å². The first-order valence-electron chi connectivity index (χ1n) is 2.79. The lowest BCUT2D eigenvalue weighted by Gasteiger charge is -1.95. The Hall–Kier alpha value is 0.430. The summed E-state index contributed by atoms with van der Waals surface area (Å²) in [6, 6.07) is 0. The second-order valence-corrected chi connectivity index (χ2v) is 2.61. The van der Waals surface area contributed by atoms with Gasteiger partial charge in [0, 0.05) is 11.0 Å². The van der Waals surface area contributed by atoms with Crippen molar-refractivity contribution in [2.75, 3.05) is 17.5 Å². The maximum absolute atomic E-state index is 3.59. The van der Waals surface area contributed by atoms with E-state index in [1.54, 1.807) is 0 Å². The minimum Gasteiger partial charge on any atom is -0.313 e. The van der Waals surface area contributed by atoms with Crippen LogP contribution in [-0.2, 0) is 0 Å². The average Bonchev–Trinajstić information content (AvgIpc) is 1.81. The fourth-order valence-corrected chi connectivity index (χ4v) is 0.777. The van der Waals surface area contributed by atoms with Gasteiger partial charge in [0.1, 0.15) is 0 Å². The van der Waals surface area contributed by atoms with Crippen molar-refractivity contribution in [1.82, 2.24) is 5.32 Å². The van der Waals surface area contributed by atoms with Crippen LogP contribution >= 0.6 is 22.6 Å². The summed E-state index contributed by atoms with van der Waals surface area (Å²) >= 11 is 2.37. The summed E-state index contributed by atoms with van der Waals surface area (Å²) in [6.45, 7) is 5.66. The van der Waals surface area contributed by atoms with Crippen molar-refractivity contribution in [3.8, 4) is 0 Å². The SMILES string of the molecule is C=CCNCCCI. The summed E-state index contributed by atoms with van der Waals surface area (Å²) in [5, 5.41) is 3.21. The molecule has 0 fully saturated rings. The summed E-state index contributed by atoms with van der Waals surface area (Å²) in [5.41, 5.74) is 0. The van der Waals surface area contributed by atoms with Crippen LogP contribution in [0.5, 0.6) is 0 Å². The highest BCUT2D eigenvalue weighted by atomic mass is 127. The van der Waals surface area contributed by atoms with Gasteiger partial charge in [-0.05, 0) is 13.0 Å². The largest absolute Gasteiger partial charge is 0.313 e. The molecule has 0 spiro atoms. The summed E-state index contributed by atoms with van der Waals surface area (Å²) < 4.78 is 1.24. The molecule has 0 saturated heterocycles. The Bertz CT molecular complexity index is 54.5. The lowest BCUT2D eigenvalue weighted by molar-refractivity contribution is 0.738. The molecule has 0 unspecified atom stereocenters. The molecular weight excluding hydrogens is 213 g/mol. The van der Waals surface area contributed by atoms with Crippen LogP contribution < -0.4 is 5.32 Å². The lowest BCUT2D eigenvalue weighted by atomic mass is 10.5. The molecule has 0 aromatic carbocycles. The van der Waals surface area contributed by atoms with Crippen LogP contribution in [-0.4, -0.2) is 17.5 Å². The Balaban J connectivity index is 2.62. The summed E-state index contributed by atoms with van der Waals surface area (Å²) in [7, 11) is 0. The smallest absolute Gasteiger partial charge is 0.0132 e. The van der Waals surface area contributed by atoms with Crippen molar-refractivity contribution in [3.05, 3.63) is 12.7 Å². The van der Waals surface area contributed by atoms with Crippen LogP contribution in [0.3, 0.4) is 0 Å². The van der Waals surface area contributed by atoms with Gasteiger partial charge in [0.05, 0.1) is 0 Å². The number of halogens is 1. The van der Waals surface area contributed by atoms with E-state index in [0.717, 1.165) is 13.1 Å². The predicted molar refractivity (Wildman–Crippen MR) is 46.6 cm³/mol. The van der Waals surface area contributed by atoms with Crippen LogP contribution in [0.4, 0.5) is 0 Å². The maximum atomic E-state index is 3.59. The zero-order valence-corrected chi connectivity index (χ0v) is 7.15. The third-order valence-electron chi connectivity index (χ3n) is 0.776. The van der Waals surface area contributed by atoms with Gasteiger partial charge in [-0.2, -0.15) is 0 Å². The highest BCUT2D eigenvalue weighted by molar-refractivity contribution is 14.1. The van der Waals surface area contributed by atoms with E-state index in [4.69, 9.17) is 0 Å². The number of rotatable bonds is 5. The zero-order chi connectivity index (χ0) is 6.24. The molecule has 0 aliphatic rings. The van der Waals surface area contributed by atoms with E-state index in [2.05, 4.69) is 34.5 Å². The molecule has 1 nitrogen and oxygen atoms in total. The van der Waals surface area contributed by atoms with Crippen LogP contribution in [0, 0.1) is 0 Å². The second-order valence-electron chi connectivity index (χ2n) is 1.54. The van der Waals surface area contributed by atoms with Gasteiger partial charge in [-0.15, -0.1) is 6.58 Å². The first-order chi connectivity index (χ1) is 3.91. The third-order valence-corrected chi connectivity index (χ3v) is 1.54. The van der Waals surface area contributed by atoms with E-state index in [9.17, 15) is 0 Å². The first kappa shape index (κ1) is 8.43. The van der Waals surface area contributed by atoms with E-state index in [0.29, 0.717) is 0 Å². The van der Waals surface area contributed by atoms with E-state index in [1.165, 1.54) is 10.8 Å². The quantitative estimate of drug-likeness (QED) is 0.324. The van der Waals surface area contributed by atoms with E-state index < -0.39 is 0 Å². The number of nitrogens with one attached hydrogen (secondary N) is 1. The van der Waals surface area contributed by atoms with Gasteiger partial charge < -0.3 is 5.32 Å². The fourth-order valence-electron chi connectivity index (χ4n) is 0.396. The van der Waals surface area contributed by atoms with Gasteiger partial charge in [0.15, 0.2) is 0 Å². The Kier molecular flexibility index (Phi) is 7.83. The van der Waals surface area contributed by atoms with Gasteiger partial charge >= 0.3 is 0 Å². The molecule has 1 N–H and O–H groups in total. The van der Waals surface area contributed by atoms with E-state index in [-0.39, 0.29) is 0 Å². The van der Waals surface area contributed by atoms with Crippen molar-refractivity contribution in [2.24, 2.45) is 0 Å². The average molecular weight is 225 g/mol. The molecule has 0 saturated carbocycles. The predicted octanol–water partition coefficient (Wildman–Crippen LogP) is 1.59. The van der Waals surface area contributed by atoms with Crippen LogP contribution in [0.1, 0.15) is 6.42 Å².